The van der Waals surface area contributed by atoms with Gasteiger partial charge in [0.15, 0.2) is 0 Å². The number of likely N-dealkylation sites (N-methyl/N-ethyl adjacent to an activating group) is 1. The van der Waals surface area contributed by atoms with E-state index in [9.17, 15) is 4.79 Å². The first kappa shape index (κ1) is 20.9. The third-order valence-electron chi connectivity index (χ3n) is 5.95. The summed E-state index contributed by atoms with van der Waals surface area (Å²) in [4.78, 5) is 14.3. The summed E-state index contributed by atoms with van der Waals surface area (Å²) in [5, 5.41) is 0. The third kappa shape index (κ3) is 4.78. The van der Waals surface area contributed by atoms with E-state index in [0.29, 0.717) is 11.7 Å². The summed E-state index contributed by atoms with van der Waals surface area (Å²) >= 11 is 0. The van der Waals surface area contributed by atoms with Crippen LogP contribution in [0.25, 0.3) is 0 Å². The van der Waals surface area contributed by atoms with Crippen molar-refractivity contribution >= 4 is 5.97 Å². The minimum Gasteiger partial charge on any atom is -0.490 e. The van der Waals surface area contributed by atoms with Crippen LogP contribution in [0, 0.1) is 5.92 Å². The Morgan fingerprint density at radius 2 is 2.07 bits per heavy atom. The highest BCUT2D eigenvalue weighted by molar-refractivity contribution is 5.75. The molecular weight excluding hydrogens is 350 g/mol. The Bertz CT molecular complexity index is 738. The molecule has 2 aliphatic rings. The Balaban J connectivity index is 1.99. The Kier molecular flexibility index (Phi) is 6.82. The number of hydrogen-bond donors (Lipinski definition) is 0. The van der Waals surface area contributed by atoms with Crippen molar-refractivity contribution in [1.29, 1.82) is 0 Å². The molecule has 0 radical (unpaired) electrons. The molecule has 28 heavy (non-hydrogen) atoms. The average Bonchev–Trinajstić information content (AvgIpc) is 2.60. The third-order valence-corrected chi connectivity index (χ3v) is 5.95. The first-order valence-electron chi connectivity index (χ1n) is 10.7. The molecule has 0 saturated carbocycles. The topological polar surface area (TPSA) is 38.8 Å². The normalized spacial score (nSPS) is 23.5. The molecule has 3 rings (SSSR count). The molecule has 0 N–H and O–H groups in total. The van der Waals surface area contributed by atoms with Crippen LogP contribution in [-0.2, 0) is 11.2 Å². The molecule has 0 fully saturated rings. The van der Waals surface area contributed by atoms with E-state index >= 15 is 0 Å². The van der Waals surface area contributed by atoms with Gasteiger partial charge in [0.2, 0.25) is 0 Å². The van der Waals surface area contributed by atoms with Crippen molar-refractivity contribution in [3.05, 3.63) is 34.9 Å². The quantitative estimate of drug-likeness (QED) is 0.283. The number of hydrogen-bond acceptors (Lipinski definition) is 4. The minimum absolute atomic E-state index is 0.179. The van der Waals surface area contributed by atoms with Gasteiger partial charge >= 0.3 is 5.97 Å². The standard InChI is InChI=1S/C24H35NO3/c1-6-7-8-9-18-13-21-24(22(14-18)28-23(26)15-25(4)5)20-12-16(2)10-11-19(20)17(3)27-21/h12-14,17,19-20H,6-11,15H2,1-5H3/t17?,19-,20+/m0/s1. The Morgan fingerprint density at radius 1 is 1.29 bits per heavy atom. The van der Waals surface area contributed by atoms with E-state index in [1.54, 1.807) is 0 Å². The van der Waals surface area contributed by atoms with Gasteiger partial charge in [-0.25, -0.2) is 0 Å². The molecular formula is C24H35NO3. The molecule has 1 unspecified atom stereocenters. The molecule has 1 heterocycles. The molecule has 1 aromatic rings. The number of carbonyl (C=O) groups is 1. The fraction of sp³-hybridized carbons (Fsp3) is 0.625. The van der Waals surface area contributed by atoms with E-state index in [4.69, 9.17) is 9.47 Å². The second kappa shape index (κ2) is 9.13. The van der Waals surface area contributed by atoms with E-state index in [1.165, 1.54) is 24.0 Å². The number of carbonyl (C=O) groups excluding carboxylic acids is 1. The number of ether oxygens (including phenoxy) is 2. The zero-order valence-electron chi connectivity index (χ0n) is 18.1. The van der Waals surface area contributed by atoms with Gasteiger partial charge in [-0.1, -0.05) is 31.4 Å². The number of unbranched alkanes of at least 4 members (excludes halogenated alkanes) is 2. The number of aryl methyl sites for hydroxylation is 1. The van der Waals surface area contributed by atoms with Gasteiger partial charge in [0, 0.05) is 17.4 Å². The number of rotatable bonds is 7. The molecule has 1 aliphatic carbocycles. The van der Waals surface area contributed by atoms with E-state index in [1.807, 2.05) is 19.0 Å². The first-order chi connectivity index (χ1) is 13.4. The lowest BCUT2D eigenvalue weighted by Gasteiger charge is -2.40. The molecule has 3 atom stereocenters. The molecule has 0 aromatic heterocycles. The minimum atomic E-state index is -0.218. The number of fused-ring (bicyclic) bond motifs is 3. The molecule has 4 heteroatoms. The van der Waals surface area contributed by atoms with E-state index in [-0.39, 0.29) is 24.5 Å². The highest BCUT2D eigenvalue weighted by Crippen LogP contribution is 2.50. The van der Waals surface area contributed by atoms with Crippen molar-refractivity contribution in [2.45, 2.75) is 71.3 Å². The predicted octanol–water partition coefficient (Wildman–Crippen LogP) is 5.11. The van der Waals surface area contributed by atoms with Crippen LogP contribution in [-0.4, -0.2) is 37.6 Å². The highest BCUT2D eigenvalue weighted by Gasteiger charge is 2.39. The highest BCUT2D eigenvalue weighted by atomic mass is 16.5. The smallest absolute Gasteiger partial charge is 0.325 e. The van der Waals surface area contributed by atoms with E-state index in [0.717, 1.165) is 37.0 Å². The van der Waals surface area contributed by atoms with Gasteiger partial charge in [0.25, 0.3) is 0 Å². The summed E-state index contributed by atoms with van der Waals surface area (Å²) in [6.07, 6.45) is 9.31. The van der Waals surface area contributed by atoms with Gasteiger partial charge in [-0.3, -0.25) is 9.69 Å². The van der Waals surface area contributed by atoms with E-state index in [2.05, 4.69) is 39.0 Å². The summed E-state index contributed by atoms with van der Waals surface area (Å²) in [5.41, 5.74) is 3.68. The Labute approximate surface area is 169 Å². The zero-order valence-corrected chi connectivity index (χ0v) is 18.1. The number of allylic oxidation sites excluding steroid dienone is 2. The lowest BCUT2D eigenvalue weighted by molar-refractivity contribution is -0.135. The van der Waals surface area contributed by atoms with Crippen LogP contribution in [0.3, 0.4) is 0 Å². The number of esters is 1. The molecule has 0 saturated heterocycles. The van der Waals surface area contributed by atoms with Crippen LogP contribution in [0.5, 0.6) is 11.5 Å². The maximum absolute atomic E-state index is 12.4. The van der Waals surface area contributed by atoms with Crippen LogP contribution in [0.2, 0.25) is 0 Å². The fourth-order valence-electron chi connectivity index (χ4n) is 4.50. The van der Waals surface area contributed by atoms with Crippen LogP contribution >= 0.6 is 0 Å². The summed E-state index contributed by atoms with van der Waals surface area (Å²) in [6.45, 7) is 6.86. The van der Waals surface area contributed by atoms with Crippen molar-refractivity contribution in [3.63, 3.8) is 0 Å². The van der Waals surface area contributed by atoms with Gasteiger partial charge in [-0.2, -0.15) is 0 Å². The summed E-state index contributed by atoms with van der Waals surface area (Å²) < 4.78 is 12.3. The van der Waals surface area contributed by atoms with E-state index < -0.39 is 0 Å². The van der Waals surface area contributed by atoms with Crippen molar-refractivity contribution in [2.24, 2.45) is 5.92 Å². The summed E-state index contributed by atoms with van der Waals surface area (Å²) in [5.74, 6) is 2.09. The maximum atomic E-state index is 12.4. The Hall–Kier alpha value is -1.81. The maximum Gasteiger partial charge on any atom is 0.325 e. The van der Waals surface area contributed by atoms with Gasteiger partial charge in [-0.15, -0.1) is 0 Å². The molecule has 0 spiro atoms. The average molecular weight is 386 g/mol. The lowest BCUT2D eigenvalue weighted by Crippen LogP contribution is -2.35. The molecule has 0 bridgehead atoms. The van der Waals surface area contributed by atoms with Gasteiger partial charge in [0.05, 0.1) is 12.6 Å². The zero-order chi connectivity index (χ0) is 20.3. The van der Waals surface area contributed by atoms with Crippen LogP contribution < -0.4 is 9.47 Å². The van der Waals surface area contributed by atoms with Crippen molar-refractivity contribution in [3.8, 4) is 11.5 Å². The molecule has 154 valence electrons. The summed E-state index contributed by atoms with van der Waals surface area (Å²) in [6, 6.07) is 4.26. The second-order valence-corrected chi connectivity index (χ2v) is 8.74. The van der Waals surface area contributed by atoms with Crippen molar-refractivity contribution in [1.82, 2.24) is 4.90 Å². The predicted molar refractivity (Wildman–Crippen MR) is 113 cm³/mol. The van der Waals surface area contributed by atoms with Crippen molar-refractivity contribution in [2.75, 3.05) is 20.6 Å². The number of nitrogens with zero attached hydrogens (tertiary/aromatic N) is 1. The SMILES string of the molecule is CCCCCc1cc(OC(=O)CN(C)C)c2c(c1)OC(C)[C@@H]1CCC(C)=C[C@@H]21. The molecule has 0 amide bonds. The molecule has 1 aromatic carbocycles. The van der Waals surface area contributed by atoms with Crippen molar-refractivity contribution < 1.29 is 14.3 Å². The monoisotopic (exact) mass is 385 g/mol. The largest absolute Gasteiger partial charge is 0.490 e. The molecule has 4 nitrogen and oxygen atoms in total. The van der Waals surface area contributed by atoms with Gasteiger partial charge in [-0.05, 0) is 71.3 Å². The van der Waals surface area contributed by atoms with Crippen LogP contribution in [0.1, 0.15) is 69.9 Å². The lowest BCUT2D eigenvalue weighted by atomic mass is 9.72. The number of benzene rings is 1. The first-order valence-corrected chi connectivity index (χ1v) is 10.7. The van der Waals surface area contributed by atoms with Crippen LogP contribution in [0.15, 0.2) is 23.8 Å². The van der Waals surface area contributed by atoms with Gasteiger partial charge < -0.3 is 9.47 Å². The molecule has 1 aliphatic heterocycles. The van der Waals surface area contributed by atoms with Crippen LogP contribution in [0.4, 0.5) is 0 Å². The van der Waals surface area contributed by atoms with Gasteiger partial charge in [0.1, 0.15) is 11.5 Å². The fourth-order valence-corrected chi connectivity index (χ4v) is 4.50. The second-order valence-electron chi connectivity index (χ2n) is 8.74. The summed E-state index contributed by atoms with van der Waals surface area (Å²) in [7, 11) is 3.76. The Morgan fingerprint density at radius 3 is 2.79 bits per heavy atom.